The second-order valence-electron chi connectivity index (χ2n) is 6.69. The summed E-state index contributed by atoms with van der Waals surface area (Å²) in [7, 11) is 0. The highest BCUT2D eigenvalue weighted by Gasteiger charge is 2.41. The van der Waals surface area contributed by atoms with Crippen LogP contribution in [0.15, 0.2) is 18.2 Å². The lowest BCUT2D eigenvalue weighted by Crippen LogP contribution is -2.55. The van der Waals surface area contributed by atoms with Crippen LogP contribution < -0.4 is 15.0 Å². The smallest absolute Gasteiger partial charge is 0.335 e. The quantitative estimate of drug-likeness (QED) is 0.854. The van der Waals surface area contributed by atoms with Gasteiger partial charge in [-0.2, -0.15) is 0 Å². The summed E-state index contributed by atoms with van der Waals surface area (Å²) in [4.78, 5) is 37.2. The fourth-order valence-electron chi connectivity index (χ4n) is 2.38. The highest BCUT2D eigenvalue weighted by atomic mass is 16.5. The topological polar surface area (TPSA) is 95.9 Å². The van der Waals surface area contributed by atoms with E-state index in [9.17, 15) is 14.4 Å². The van der Waals surface area contributed by atoms with Crippen molar-refractivity contribution in [1.29, 1.82) is 0 Å². The lowest BCUT2D eigenvalue weighted by molar-refractivity contribution is -0.134. The number of benzene rings is 1. The van der Waals surface area contributed by atoms with Crippen LogP contribution in [0, 0.1) is 5.92 Å². The zero-order valence-electron chi connectivity index (χ0n) is 14.3. The first kappa shape index (κ1) is 17.8. The highest BCUT2D eigenvalue weighted by Crippen LogP contribution is 2.38. The molecule has 0 saturated carbocycles. The molecule has 1 heterocycles. The summed E-state index contributed by atoms with van der Waals surface area (Å²) in [6, 6.07) is 4.26. The number of fused-ring (bicyclic) bond motifs is 1. The minimum absolute atomic E-state index is 0.0254. The molecule has 0 bridgehead atoms. The van der Waals surface area contributed by atoms with E-state index in [1.165, 1.54) is 23.1 Å². The Morgan fingerprint density at radius 1 is 1.33 bits per heavy atom. The number of ether oxygens (including phenoxy) is 1. The van der Waals surface area contributed by atoms with E-state index in [0.717, 1.165) is 0 Å². The van der Waals surface area contributed by atoms with Crippen LogP contribution in [0.25, 0.3) is 0 Å². The predicted octanol–water partition coefficient (Wildman–Crippen LogP) is 1.66. The molecular weight excluding hydrogens is 312 g/mol. The number of nitrogens with one attached hydrogen (secondary N) is 1. The van der Waals surface area contributed by atoms with E-state index in [4.69, 9.17) is 9.84 Å². The first-order chi connectivity index (χ1) is 11.1. The third-order valence-electron chi connectivity index (χ3n) is 3.63. The maximum atomic E-state index is 12.6. The van der Waals surface area contributed by atoms with Crippen LogP contribution in [0.2, 0.25) is 0 Å². The first-order valence-electron chi connectivity index (χ1n) is 7.77. The Labute approximate surface area is 140 Å². The number of hydrogen-bond acceptors (Lipinski definition) is 4. The number of rotatable bonds is 5. The monoisotopic (exact) mass is 334 g/mol. The summed E-state index contributed by atoms with van der Waals surface area (Å²) in [5.41, 5.74) is -0.813. The van der Waals surface area contributed by atoms with Crippen molar-refractivity contribution in [2.45, 2.75) is 33.3 Å². The third kappa shape index (κ3) is 3.67. The van der Waals surface area contributed by atoms with Gasteiger partial charge in [-0.25, -0.2) is 4.79 Å². The van der Waals surface area contributed by atoms with E-state index in [0.29, 0.717) is 18.0 Å². The molecule has 0 aromatic heterocycles. The molecule has 0 unspecified atom stereocenters. The number of carboxylic acid groups (broad SMARTS) is 1. The van der Waals surface area contributed by atoms with Gasteiger partial charge in [-0.05, 0) is 38.0 Å². The lowest BCUT2D eigenvalue weighted by Gasteiger charge is -2.38. The third-order valence-corrected chi connectivity index (χ3v) is 3.63. The van der Waals surface area contributed by atoms with Gasteiger partial charge >= 0.3 is 5.97 Å². The van der Waals surface area contributed by atoms with E-state index in [1.807, 2.05) is 13.8 Å². The van der Waals surface area contributed by atoms with Gasteiger partial charge in [-0.3, -0.25) is 14.5 Å². The Balaban J connectivity index is 2.34. The van der Waals surface area contributed by atoms with E-state index in [-0.39, 0.29) is 23.9 Å². The van der Waals surface area contributed by atoms with Crippen molar-refractivity contribution >= 4 is 23.5 Å². The summed E-state index contributed by atoms with van der Waals surface area (Å²) in [6.45, 7) is 7.48. The summed E-state index contributed by atoms with van der Waals surface area (Å²) in [5, 5.41) is 11.9. The van der Waals surface area contributed by atoms with Gasteiger partial charge in [0.1, 0.15) is 12.3 Å². The van der Waals surface area contributed by atoms with Crippen LogP contribution in [0.3, 0.4) is 0 Å². The molecule has 0 aliphatic carbocycles. The molecule has 1 aliphatic rings. The number of carboxylic acids is 1. The molecule has 24 heavy (non-hydrogen) atoms. The Morgan fingerprint density at radius 3 is 2.58 bits per heavy atom. The minimum atomic E-state index is -1.13. The highest BCUT2D eigenvalue weighted by molar-refractivity contribution is 6.06. The van der Waals surface area contributed by atoms with E-state index >= 15 is 0 Å². The second kappa shape index (κ2) is 6.51. The molecule has 0 saturated heterocycles. The maximum absolute atomic E-state index is 12.6. The molecule has 0 fully saturated rings. The van der Waals surface area contributed by atoms with Gasteiger partial charge in [0.2, 0.25) is 5.91 Å². The average molecular weight is 334 g/mol. The van der Waals surface area contributed by atoms with E-state index in [2.05, 4.69) is 5.32 Å². The van der Waals surface area contributed by atoms with Gasteiger partial charge in [0.05, 0.1) is 11.3 Å². The Bertz CT molecular complexity index is 682. The Hall–Kier alpha value is -2.57. The van der Waals surface area contributed by atoms with Crippen molar-refractivity contribution in [3.05, 3.63) is 23.8 Å². The molecule has 2 amide bonds. The number of nitrogens with zero attached hydrogens (tertiary/aromatic N) is 1. The van der Waals surface area contributed by atoms with Crippen LogP contribution >= 0.6 is 0 Å². The summed E-state index contributed by atoms with van der Waals surface area (Å²) >= 11 is 0. The van der Waals surface area contributed by atoms with Gasteiger partial charge in [0.25, 0.3) is 5.91 Å². The van der Waals surface area contributed by atoms with Crippen LogP contribution in [-0.2, 0) is 9.59 Å². The molecule has 1 aliphatic heterocycles. The zero-order chi connectivity index (χ0) is 18.1. The van der Waals surface area contributed by atoms with Crippen molar-refractivity contribution in [2.75, 3.05) is 18.0 Å². The van der Waals surface area contributed by atoms with Crippen molar-refractivity contribution in [3.63, 3.8) is 0 Å². The number of carbonyl (C=O) groups is 3. The summed E-state index contributed by atoms with van der Waals surface area (Å²) in [6.07, 6.45) is 0. The van der Waals surface area contributed by atoms with E-state index < -0.39 is 17.5 Å². The van der Waals surface area contributed by atoms with Gasteiger partial charge in [0.15, 0.2) is 5.60 Å². The molecule has 7 heteroatoms. The van der Waals surface area contributed by atoms with Crippen molar-refractivity contribution in [1.82, 2.24) is 5.32 Å². The summed E-state index contributed by atoms with van der Waals surface area (Å²) < 4.78 is 5.66. The number of hydrogen-bond donors (Lipinski definition) is 2. The predicted molar refractivity (Wildman–Crippen MR) is 88.3 cm³/mol. The SMILES string of the molecule is CC(C)CNC(=O)CN1C(=O)C(C)(C)Oc2ccc(C(=O)O)cc21. The molecule has 1 aromatic rings. The number of amides is 2. The van der Waals surface area contributed by atoms with Gasteiger partial charge < -0.3 is 15.2 Å². The van der Waals surface area contributed by atoms with Crippen LogP contribution in [-0.4, -0.2) is 41.6 Å². The molecule has 0 radical (unpaired) electrons. The standard InChI is InChI=1S/C17H22N2O5/c1-10(2)8-18-14(20)9-19-12-7-11(15(21)22)5-6-13(12)24-17(3,4)16(19)23/h5-7,10H,8-9H2,1-4H3,(H,18,20)(H,21,22). The second-order valence-corrected chi connectivity index (χ2v) is 6.69. The molecule has 7 nitrogen and oxygen atoms in total. The molecule has 2 N–H and O–H groups in total. The first-order valence-corrected chi connectivity index (χ1v) is 7.77. The normalized spacial score (nSPS) is 15.7. The number of aromatic carboxylic acids is 1. The fourth-order valence-corrected chi connectivity index (χ4v) is 2.38. The molecule has 130 valence electrons. The zero-order valence-corrected chi connectivity index (χ0v) is 14.3. The van der Waals surface area contributed by atoms with Crippen molar-refractivity contribution in [3.8, 4) is 5.75 Å². The van der Waals surface area contributed by atoms with Crippen LogP contribution in [0.1, 0.15) is 38.1 Å². The van der Waals surface area contributed by atoms with Gasteiger partial charge in [-0.15, -0.1) is 0 Å². The van der Waals surface area contributed by atoms with Crippen LogP contribution in [0.5, 0.6) is 5.75 Å². The number of carbonyl (C=O) groups excluding carboxylic acids is 2. The molecule has 2 rings (SSSR count). The fraction of sp³-hybridized carbons (Fsp3) is 0.471. The molecule has 0 spiro atoms. The maximum Gasteiger partial charge on any atom is 0.335 e. The summed E-state index contributed by atoms with van der Waals surface area (Å²) in [5.74, 6) is -1.14. The van der Waals surface area contributed by atoms with Gasteiger partial charge in [-0.1, -0.05) is 13.8 Å². The Kier molecular flexibility index (Phi) is 4.82. The molecule has 1 aromatic carbocycles. The van der Waals surface area contributed by atoms with E-state index in [1.54, 1.807) is 13.8 Å². The van der Waals surface area contributed by atoms with Crippen LogP contribution in [0.4, 0.5) is 5.69 Å². The largest absolute Gasteiger partial charge is 0.478 e. The van der Waals surface area contributed by atoms with Crippen molar-refractivity contribution < 1.29 is 24.2 Å². The Morgan fingerprint density at radius 2 is 2.00 bits per heavy atom. The van der Waals surface area contributed by atoms with Crippen molar-refractivity contribution in [2.24, 2.45) is 5.92 Å². The molecular formula is C17H22N2O5. The number of anilines is 1. The molecule has 0 atom stereocenters. The average Bonchev–Trinajstić information content (AvgIpc) is 2.49. The minimum Gasteiger partial charge on any atom is -0.478 e. The van der Waals surface area contributed by atoms with Gasteiger partial charge in [0, 0.05) is 6.54 Å². The lowest BCUT2D eigenvalue weighted by atomic mass is 10.0.